The Bertz CT molecular complexity index is 94.9. The van der Waals surface area contributed by atoms with Gasteiger partial charge >= 0.3 is 28.3 Å². The molecule has 0 fully saturated rings. The van der Waals surface area contributed by atoms with Crippen molar-refractivity contribution < 1.29 is 17.5 Å². The fraction of sp³-hybridized carbons (Fsp3) is 0. The summed E-state index contributed by atoms with van der Waals surface area (Å²) in [7, 11) is -5.17. The number of hydrogen-bond donors (Lipinski definition) is 0. The molecule has 0 amide bonds. The van der Waals surface area contributed by atoms with Crippen LogP contribution in [0, 0.1) is 0 Å². The van der Waals surface area contributed by atoms with E-state index >= 15 is 0 Å². The SMILES string of the molecule is O=S(=O)([O-])[O-].[Al+3].[Si+4]. The Kier molecular flexibility index (Phi) is 10.7. The van der Waals surface area contributed by atoms with E-state index in [9.17, 15) is 0 Å². The topological polar surface area (TPSA) is 80.3 Å². The molecule has 0 heterocycles. The zero-order valence-electron chi connectivity index (χ0n) is 3.12. The summed E-state index contributed by atoms with van der Waals surface area (Å²) < 4.78 is 34.1. The van der Waals surface area contributed by atoms with E-state index in [4.69, 9.17) is 17.5 Å². The first-order valence-electron chi connectivity index (χ1n) is 0.667. The molecule has 0 radical (unpaired) electrons. The van der Waals surface area contributed by atoms with E-state index < -0.39 is 10.4 Å². The molecule has 0 bridgehead atoms. The Labute approximate surface area is 56.7 Å². The van der Waals surface area contributed by atoms with Crippen molar-refractivity contribution in [3.63, 3.8) is 0 Å². The largest absolute Gasteiger partial charge is 4.00 e. The summed E-state index contributed by atoms with van der Waals surface area (Å²) in [5.41, 5.74) is 0. The van der Waals surface area contributed by atoms with Crippen molar-refractivity contribution in [2.24, 2.45) is 0 Å². The monoisotopic (exact) mass is 151 g/mol. The Hall–Kier alpha value is 0.619. The Balaban J connectivity index is -0.0000000800. The van der Waals surface area contributed by atoms with E-state index in [-0.39, 0.29) is 28.3 Å². The van der Waals surface area contributed by atoms with E-state index in [2.05, 4.69) is 0 Å². The average Bonchev–Trinajstić information content (AvgIpc) is 0.722. The molecule has 0 saturated heterocycles. The van der Waals surface area contributed by atoms with Crippen LogP contribution in [-0.2, 0) is 10.4 Å². The van der Waals surface area contributed by atoms with Crippen molar-refractivity contribution in [1.82, 2.24) is 0 Å². The standard InChI is InChI=1S/Al.H2O4S.Si/c;1-5(2,3)4;/h;(H2,1,2,3,4);/q+3;;+4/p-2. The van der Waals surface area contributed by atoms with Gasteiger partial charge in [0.2, 0.25) is 0 Å². The summed E-state index contributed by atoms with van der Waals surface area (Å²) in [5, 5.41) is 0. The number of rotatable bonds is 0. The van der Waals surface area contributed by atoms with Gasteiger partial charge in [0.15, 0.2) is 0 Å². The summed E-state index contributed by atoms with van der Waals surface area (Å²) in [6.45, 7) is 0. The molecule has 0 aromatic carbocycles. The molecular weight excluding hydrogens is 151 g/mol. The van der Waals surface area contributed by atoms with Crippen LogP contribution in [0.25, 0.3) is 0 Å². The molecule has 0 aromatic heterocycles. The van der Waals surface area contributed by atoms with Gasteiger partial charge in [-0.1, -0.05) is 0 Å². The molecule has 7 heteroatoms. The second-order valence-corrected chi connectivity index (χ2v) is 1.22. The van der Waals surface area contributed by atoms with Crippen LogP contribution in [0.15, 0.2) is 0 Å². The van der Waals surface area contributed by atoms with Gasteiger partial charge in [0.25, 0.3) is 0 Å². The van der Waals surface area contributed by atoms with Crippen LogP contribution >= 0.6 is 0 Å². The van der Waals surface area contributed by atoms with Crippen LogP contribution in [0.1, 0.15) is 0 Å². The summed E-state index contributed by atoms with van der Waals surface area (Å²) in [6, 6.07) is 0. The fourth-order valence-corrected chi connectivity index (χ4v) is 0. The molecule has 0 saturated carbocycles. The van der Waals surface area contributed by atoms with Gasteiger partial charge in [-0.15, -0.1) is 0 Å². The van der Waals surface area contributed by atoms with Crippen molar-refractivity contribution in [2.45, 2.75) is 0 Å². The van der Waals surface area contributed by atoms with Gasteiger partial charge in [-0.05, 0) is 0 Å². The van der Waals surface area contributed by atoms with Crippen LogP contribution in [0.5, 0.6) is 0 Å². The Morgan fingerprint density at radius 2 is 1.14 bits per heavy atom. The van der Waals surface area contributed by atoms with E-state index in [1.807, 2.05) is 0 Å². The molecule has 0 aliphatic heterocycles. The maximum absolute atomic E-state index is 8.52. The molecule has 32 valence electrons. The summed E-state index contributed by atoms with van der Waals surface area (Å²) in [4.78, 5) is 0. The molecule has 0 aliphatic carbocycles. The predicted octanol–water partition coefficient (Wildman–Crippen LogP) is -2.10. The van der Waals surface area contributed by atoms with Crippen LogP contribution in [0.3, 0.4) is 0 Å². The fourth-order valence-electron chi connectivity index (χ4n) is 0. The second-order valence-electron chi connectivity index (χ2n) is 0.408. The van der Waals surface area contributed by atoms with E-state index in [0.717, 1.165) is 0 Å². The maximum Gasteiger partial charge on any atom is 4.00 e. The molecule has 0 N–H and O–H groups in total. The summed E-state index contributed by atoms with van der Waals surface area (Å²) >= 11 is 0. The Morgan fingerprint density at radius 1 is 1.14 bits per heavy atom. The quantitative estimate of drug-likeness (QED) is 0.225. The smallest absolute Gasteiger partial charge is 0.759 e. The molecule has 0 aromatic rings. The first-order chi connectivity index (χ1) is 2.00. The zero-order valence-corrected chi connectivity index (χ0v) is 6.09. The Morgan fingerprint density at radius 3 is 1.14 bits per heavy atom. The molecule has 4 nitrogen and oxygen atoms in total. The molecule has 7 heavy (non-hydrogen) atoms. The molecule has 0 unspecified atom stereocenters. The minimum atomic E-state index is -5.17. The minimum Gasteiger partial charge on any atom is -0.759 e. The predicted molar refractivity (Wildman–Crippen MR) is 22.0 cm³/mol. The van der Waals surface area contributed by atoms with Crippen LogP contribution in [-0.4, -0.2) is 45.8 Å². The van der Waals surface area contributed by atoms with Gasteiger partial charge in [-0.3, -0.25) is 8.42 Å². The molecular formula is AlO4SSi+5. The van der Waals surface area contributed by atoms with E-state index in [0.29, 0.717) is 0 Å². The van der Waals surface area contributed by atoms with Crippen molar-refractivity contribution in [3.05, 3.63) is 0 Å². The third kappa shape index (κ3) is 368. The van der Waals surface area contributed by atoms with Gasteiger partial charge in [-0.2, -0.15) is 0 Å². The van der Waals surface area contributed by atoms with Gasteiger partial charge in [-0.25, -0.2) is 0 Å². The normalized spacial score (nSPS) is 8.29. The van der Waals surface area contributed by atoms with Gasteiger partial charge in [0, 0.05) is 10.4 Å². The second kappa shape index (κ2) is 4.77. The van der Waals surface area contributed by atoms with Crippen LogP contribution in [0.4, 0.5) is 0 Å². The van der Waals surface area contributed by atoms with Gasteiger partial charge in [0.1, 0.15) is 0 Å². The van der Waals surface area contributed by atoms with Crippen molar-refractivity contribution in [1.29, 1.82) is 0 Å². The summed E-state index contributed by atoms with van der Waals surface area (Å²) in [5.74, 6) is 0. The maximum atomic E-state index is 8.52. The molecule has 0 aliphatic rings. The van der Waals surface area contributed by atoms with Crippen molar-refractivity contribution in [3.8, 4) is 0 Å². The van der Waals surface area contributed by atoms with Crippen LogP contribution < -0.4 is 0 Å². The van der Waals surface area contributed by atoms with Crippen LogP contribution in [0.2, 0.25) is 0 Å². The molecule has 0 atom stereocenters. The molecule has 0 spiro atoms. The first-order valence-corrected chi connectivity index (χ1v) is 2.00. The van der Waals surface area contributed by atoms with E-state index in [1.54, 1.807) is 0 Å². The van der Waals surface area contributed by atoms with Gasteiger partial charge < -0.3 is 9.11 Å². The third-order valence-corrected chi connectivity index (χ3v) is 0. The van der Waals surface area contributed by atoms with Gasteiger partial charge in [0.05, 0.1) is 0 Å². The number of hydrogen-bond acceptors (Lipinski definition) is 4. The van der Waals surface area contributed by atoms with E-state index in [1.165, 1.54) is 0 Å². The minimum absolute atomic E-state index is 0. The average molecular weight is 151 g/mol. The van der Waals surface area contributed by atoms with Crippen molar-refractivity contribution in [2.75, 3.05) is 0 Å². The summed E-state index contributed by atoms with van der Waals surface area (Å²) in [6.07, 6.45) is 0. The van der Waals surface area contributed by atoms with Crippen molar-refractivity contribution >= 4 is 38.7 Å². The molecule has 0 rings (SSSR count). The first kappa shape index (κ1) is 15.6. The zero-order chi connectivity index (χ0) is 4.50. The third-order valence-electron chi connectivity index (χ3n) is 0.